The van der Waals surface area contributed by atoms with Gasteiger partial charge in [-0.1, -0.05) is 0 Å². The van der Waals surface area contributed by atoms with Crippen LogP contribution in [0.3, 0.4) is 0 Å². The number of rotatable bonds is 5. The number of benzene rings is 1. The summed E-state index contributed by atoms with van der Waals surface area (Å²) < 4.78 is 19.4. The molecule has 1 unspecified atom stereocenters. The Kier molecular flexibility index (Phi) is 4.29. The van der Waals surface area contributed by atoms with Crippen molar-refractivity contribution in [2.45, 2.75) is 4.94 Å². The average Bonchev–Trinajstić information content (AvgIpc) is 3.45. The van der Waals surface area contributed by atoms with E-state index in [-0.39, 0.29) is 0 Å². The molecular weight excluding hydrogens is 391 g/mol. The zero-order valence-corrected chi connectivity index (χ0v) is 15.8. The predicted molar refractivity (Wildman–Crippen MR) is 96.9 cm³/mol. The van der Waals surface area contributed by atoms with E-state index < -0.39 is 18.2 Å². The molecule has 0 saturated heterocycles. The summed E-state index contributed by atoms with van der Waals surface area (Å²) in [5.41, 5.74) is 1.22. The molecule has 0 saturated carbocycles. The maximum absolute atomic E-state index is 11.5. The first-order chi connectivity index (χ1) is 12.8. The van der Waals surface area contributed by atoms with E-state index >= 15 is 0 Å². The van der Waals surface area contributed by atoms with Crippen molar-refractivity contribution in [2.24, 2.45) is 0 Å². The zero-order valence-electron chi connectivity index (χ0n) is 13.7. The van der Waals surface area contributed by atoms with Crippen molar-refractivity contribution >= 4 is 27.0 Å². The fourth-order valence-corrected chi connectivity index (χ4v) is 11.8. The Morgan fingerprint density at radius 2 is 1.23 bits per heavy atom. The van der Waals surface area contributed by atoms with E-state index in [1.807, 2.05) is 18.2 Å². The van der Waals surface area contributed by atoms with Crippen molar-refractivity contribution in [1.29, 1.82) is 5.26 Å². The SMILES string of the molecule is N#Cc1ccc([CH](O)[Ge]([c]2ccco2)([c]2ccco2)[c]2ccco2)cc1. The monoisotopic (exact) mass is 407 g/mol. The van der Waals surface area contributed by atoms with Crippen LogP contribution in [0.1, 0.15) is 16.1 Å². The molecule has 0 aliphatic carbocycles. The molecule has 0 bridgehead atoms. The first-order valence-electron chi connectivity index (χ1n) is 8.07. The van der Waals surface area contributed by atoms with E-state index in [1.54, 1.807) is 61.3 Å². The topological polar surface area (TPSA) is 83.4 Å². The second kappa shape index (κ2) is 6.75. The number of nitriles is 1. The molecule has 128 valence electrons. The molecule has 6 heteroatoms. The normalized spacial score (nSPS) is 12.6. The van der Waals surface area contributed by atoms with Crippen LogP contribution in [0.4, 0.5) is 0 Å². The third kappa shape index (κ3) is 2.51. The van der Waals surface area contributed by atoms with Crippen molar-refractivity contribution in [3.63, 3.8) is 0 Å². The maximum atomic E-state index is 11.5. The van der Waals surface area contributed by atoms with Crippen LogP contribution in [0.15, 0.2) is 92.7 Å². The molecule has 5 nitrogen and oxygen atoms in total. The molecule has 1 N–H and O–H groups in total. The Morgan fingerprint density at radius 1 is 0.769 bits per heavy atom. The summed E-state index contributed by atoms with van der Waals surface area (Å²) in [4.78, 5) is -0.883. The summed E-state index contributed by atoms with van der Waals surface area (Å²) in [6.45, 7) is 0. The predicted octanol–water partition coefficient (Wildman–Crippen LogP) is 2.08. The van der Waals surface area contributed by atoms with Crippen LogP contribution in [-0.2, 0) is 0 Å². The second-order valence-electron chi connectivity index (χ2n) is 5.88. The first-order valence-corrected chi connectivity index (χ1v) is 12.4. The van der Waals surface area contributed by atoms with Gasteiger partial charge in [-0.2, -0.15) is 0 Å². The molecule has 0 radical (unpaired) electrons. The standard InChI is InChI=1S/C20H15GeNO4/c22-14-15-7-9-16(10-8-15)20(23)21(17-4-1-11-24-17,18-5-2-12-25-18)19-6-3-13-26-19/h1-13,20,23H. The van der Waals surface area contributed by atoms with Crippen molar-refractivity contribution in [3.05, 3.63) is 90.6 Å². The van der Waals surface area contributed by atoms with Gasteiger partial charge in [-0.25, -0.2) is 0 Å². The van der Waals surface area contributed by atoms with Gasteiger partial charge >= 0.3 is 152 Å². The van der Waals surface area contributed by atoms with Crippen molar-refractivity contribution in [3.8, 4) is 6.07 Å². The van der Waals surface area contributed by atoms with Gasteiger partial charge in [0.1, 0.15) is 0 Å². The van der Waals surface area contributed by atoms with Crippen LogP contribution in [0.5, 0.6) is 0 Å². The molecule has 0 fully saturated rings. The minimum absolute atomic E-state index is 0.535. The van der Waals surface area contributed by atoms with Gasteiger partial charge in [0, 0.05) is 0 Å². The Hall–Kier alpha value is -2.95. The van der Waals surface area contributed by atoms with Crippen LogP contribution in [0.25, 0.3) is 0 Å². The molecule has 4 aromatic rings. The summed E-state index contributed by atoms with van der Waals surface area (Å²) in [7, 11) is 0. The fourth-order valence-electron chi connectivity index (χ4n) is 3.27. The summed E-state index contributed by atoms with van der Waals surface area (Å²) >= 11 is -3.85. The molecule has 3 heterocycles. The summed E-state index contributed by atoms with van der Waals surface area (Å²) in [5.74, 6) is 0. The quantitative estimate of drug-likeness (QED) is 0.514. The van der Waals surface area contributed by atoms with Crippen LogP contribution < -0.4 is 13.8 Å². The molecule has 1 atom stereocenters. The minimum atomic E-state index is -3.85. The molecule has 0 amide bonds. The van der Waals surface area contributed by atoms with Gasteiger partial charge in [0.2, 0.25) is 0 Å². The van der Waals surface area contributed by atoms with Crippen LogP contribution >= 0.6 is 0 Å². The van der Waals surface area contributed by atoms with Gasteiger partial charge in [-0.05, 0) is 0 Å². The van der Waals surface area contributed by atoms with Gasteiger partial charge in [0.05, 0.1) is 0 Å². The van der Waals surface area contributed by atoms with E-state index in [1.165, 1.54) is 0 Å². The summed E-state index contributed by atoms with van der Waals surface area (Å²) in [5, 5.41) is 20.6. The summed E-state index contributed by atoms with van der Waals surface area (Å²) in [6, 6.07) is 20.0. The van der Waals surface area contributed by atoms with Gasteiger partial charge in [-0.3, -0.25) is 0 Å². The van der Waals surface area contributed by atoms with E-state index in [4.69, 9.17) is 18.5 Å². The number of aliphatic hydroxyl groups is 1. The van der Waals surface area contributed by atoms with Crippen LogP contribution in [-0.4, -0.2) is 18.4 Å². The van der Waals surface area contributed by atoms with Crippen molar-refractivity contribution in [1.82, 2.24) is 0 Å². The van der Waals surface area contributed by atoms with E-state index in [0.717, 1.165) is 0 Å². The van der Waals surface area contributed by atoms with Gasteiger partial charge in [0.25, 0.3) is 0 Å². The van der Waals surface area contributed by atoms with E-state index in [9.17, 15) is 5.11 Å². The molecule has 1 aromatic carbocycles. The molecule has 26 heavy (non-hydrogen) atoms. The Morgan fingerprint density at radius 3 is 1.58 bits per heavy atom. The summed E-state index contributed by atoms with van der Waals surface area (Å²) in [6.07, 6.45) is 4.77. The molecule has 0 aliphatic rings. The number of aliphatic hydroxyl groups excluding tert-OH is 1. The first kappa shape index (κ1) is 16.5. The molecule has 4 rings (SSSR count). The number of hydrogen-bond acceptors (Lipinski definition) is 5. The van der Waals surface area contributed by atoms with E-state index in [0.29, 0.717) is 24.9 Å². The Balaban J connectivity index is 1.97. The Bertz CT molecular complexity index is 913. The third-order valence-electron chi connectivity index (χ3n) is 4.50. The van der Waals surface area contributed by atoms with Gasteiger partial charge < -0.3 is 0 Å². The van der Waals surface area contributed by atoms with Crippen molar-refractivity contribution in [2.75, 3.05) is 0 Å². The van der Waals surface area contributed by atoms with E-state index in [2.05, 4.69) is 6.07 Å². The zero-order chi connectivity index (χ0) is 18.0. The number of nitrogens with zero attached hydrogens (tertiary/aromatic N) is 1. The number of furan rings is 3. The third-order valence-corrected chi connectivity index (χ3v) is 13.6. The van der Waals surface area contributed by atoms with Crippen LogP contribution in [0.2, 0.25) is 0 Å². The molecule has 0 spiro atoms. The molecule has 0 aliphatic heterocycles. The van der Waals surface area contributed by atoms with Gasteiger partial charge in [-0.15, -0.1) is 0 Å². The Labute approximate surface area is 152 Å². The molecular formula is C20H15GeNO4. The molecule has 3 aromatic heterocycles. The number of hydrogen-bond donors (Lipinski definition) is 1. The average molecular weight is 406 g/mol. The van der Waals surface area contributed by atoms with Crippen LogP contribution in [0, 0.1) is 11.3 Å². The van der Waals surface area contributed by atoms with Gasteiger partial charge in [0.15, 0.2) is 0 Å². The van der Waals surface area contributed by atoms with Crippen molar-refractivity contribution < 1.29 is 18.4 Å². The fraction of sp³-hybridized carbons (Fsp3) is 0.0500. The second-order valence-corrected chi connectivity index (χ2v) is 13.5.